The van der Waals surface area contributed by atoms with Gasteiger partial charge in [-0.05, 0) is 39.3 Å². The van der Waals surface area contributed by atoms with Gasteiger partial charge in [0.1, 0.15) is 0 Å². The monoisotopic (exact) mass is 266 g/mol. The highest BCUT2D eigenvalue weighted by molar-refractivity contribution is 5.28. The number of hydrogen-bond donors (Lipinski definition) is 1. The molecule has 0 aromatic carbocycles. The molecular weight excluding hydrogens is 240 g/mol. The maximum atomic E-state index is 5.48. The number of hydrogen-bond acceptors (Lipinski definition) is 4. The molecule has 1 rings (SSSR count). The average molecular weight is 266 g/mol. The van der Waals surface area contributed by atoms with Crippen molar-refractivity contribution in [3.8, 4) is 5.88 Å². The summed E-state index contributed by atoms with van der Waals surface area (Å²) in [7, 11) is 3.42. The van der Waals surface area contributed by atoms with Crippen molar-refractivity contribution < 1.29 is 9.47 Å². The van der Waals surface area contributed by atoms with Crippen LogP contribution in [0.1, 0.15) is 45.2 Å². The molecular formula is C15H26N2O2. The molecule has 0 radical (unpaired) electrons. The van der Waals surface area contributed by atoms with Gasteiger partial charge in [0.05, 0.1) is 12.7 Å². The summed E-state index contributed by atoms with van der Waals surface area (Å²) in [5.74, 6) is 0.698. The number of aromatic nitrogens is 1. The molecule has 0 saturated carbocycles. The third kappa shape index (κ3) is 4.80. The van der Waals surface area contributed by atoms with E-state index >= 15 is 0 Å². The molecule has 108 valence electrons. The Morgan fingerprint density at radius 1 is 1.37 bits per heavy atom. The fraction of sp³-hybridized carbons (Fsp3) is 0.667. The Bertz CT molecular complexity index is 380. The number of methoxy groups -OCH3 is 2. The van der Waals surface area contributed by atoms with E-state index in [2.05, 4.69) is 37.1 Å². The van der Waals surface area contributed by atoms with Crippen LogP contribution in [0.15, 0.2) is 18.3 Å². The smallest absolute Gasteiger partial charge is 0.217 e. The van der Waals surface area contributed by atoms with Gasteiger partial charge in [-0.25, -0.2) is 4.98 Å². The summed E-state index contributed by atoms with van der Waals surface area (Å²) in [4.78, 5) is 4.27. The number of nitrogens with one attached hydrogen (secondary N) is 1. The highest BCUT2D eigenvalue weighted by Crippen LogP contribution is 2.28. The summed E-state index contributed by atoms with van der Waals surface area (Å²) in [6, 6.07) is 4.26. The fourth-order valence-electron chi connectivity index (χ4n) is 2.05. The molecule has 19 heavy (non-hydrogen) atoms. The van der Waals surface area contributed by atoms with Crippen LogP contribution >= 0.6 is 0 Å². The van der Waals surface area contributed by atoms with Crippen molar-refractivity contribution in [2.24, 2.45) is 0 Å². The zero-order valence-corrected chi connectivity index (χ0v) is 12.7. The van der Waals surface area contributed by atoms with Gasteiger partial charge in [-0.15, -0.1) is 0 Å². The molecule has 0 spiro atoms. The van der Waals surface area contributed by atoms with Crippen molar-refractivity contribution in [3.05, 3.63) is 23.9 Å². The second-order valence-corrected chi connectivity index (χ2v) is 5.21. The third-order valence-corrected chi connectivity index (χ3v) is 3.41. The minimum absolute atomic E-state index is 0.108. The van der Waals surface area contributed by atoms with Crippen molar-refractivity contribution in [1.29, 1.82) is 0 Å². The first-order valence-electron chi connectivity index (χ1n) is 6.81. The van der Waals surface area contributed by atoms with Crippen molar-refractivity contribution in [2.75, 3.05) is 20.8 Å². The Balaban J connectivity index is 2.82. The SMILES string of the molecule is CCNC(CCC(C)(C)OC)c1cccnc1OC. The Hall–Kier alpha value is -1.13. The summed E-state index contributed by atoms with van der Waals surface area (Å²) < 4.78 is 10.8. The molecule has 1 N–H and O–H groups in total. The number of ether oxygens (including phenoxy) is 2. The van der Waals surface area contributed by atoms with Crippen LogP contribution < -0.4 is 10.1 Å². The molecule has 4 nitrogen and oxygen atoms in total. The van der Waals surface area contributed by atoms with E-state index in [9.17, 15) is 0 Å². The molecule has 0 aliphatic carbocycles. The van der Waals surface area contributed by atoms with Crippen LogP contribution in [0.3, 0.4) is 0 Å². The van der Waals surface area contributed by atoms with Crippen LogP contribution in [0.2, 0.25) is 0 Å². The van der Waals surface area contributed by atoms with E-state index in [1.807, 2.05) is 6.07 Å². The van der Waals surface area contributed by atoms with Crippen LogP contribution in [0.25, 0.3) is 0 Å². The van der Waals surface area contributed by atoms with Crippen LogP contribution in [0.4, 0.5) is 0 Å². The quantitative estimate of drug-likeness (QED) is 0.785. The molecule has 1 atom stereocenters. The lowest BCUT2D eigenvalue weighted by atomic mass is 9.95. The molecule has 0 fully saturated rings. The first kappa shape index (κ1) is 15.9. The van der Waals surface area contributed by atoms with Crippen molar-refractivity contribution in [2.45, 2.75) is 45.3 Å². The normalized spacial score (nSPS) is 13.3. The van der Waals surface area contributed by atoms with E-state index in [-0.39, 0.29) is 11.6 Å². The number of rotatable bonds is 8. The highest BCUT2D eigenvalue weighted by atomic mass is 16.5. The van der Waals surface area contributed by atoms with Gasteiger partial charge < -0.3 is 14.8 Å². The largest absolute Gasteiger partial charge is 0.481 e. The van der Waals surface area contributed by atoms with E-state index in [4.69, 9.17) is 9.47 Å². The Labute approximate surface area is 116 Å². The van der Waals surface area contributed by atoms with Gasteiger partial charge in [-0.1, -0.05) is 13.0 Å². The summed E-state index contributed by atoms with van der Waals surface area (Å²) in [5.41, 5.74) is 1.00. The van der Waals surface area contributed by atoms with Gasteiger partial charge in [0.15, 0.2) is 0 Å². The zero-order chi connectivity index (χ0) is 14.3. The zero-order valence-electron chi connectivity index (χ0n) is 12.7. The second kappa shape index (κ2) is 7.46. The lowest BCUT2D eigenvalue weighted by Gasteiger charge is -2.27. The molecule has 4 heteroatoms. The summed E-state index contributed by atoms with van der Waals surface area (Å²) in [5, 5.41) is 3.49. The van der Waals surface area contributed by atoms with Gasteiger partial charge in [-0.2, -0.15) is 0 Å². The molecule has 1 aromatic heterocycles. The Morgan fingerprint density at radius 3 is 2.68 bits per heavy atom. The van der Waals surface area contributed by atoms with Gasteiger partial charge in [0, 0.05) is 24.9 Å². The van der Waals surface area contributed by atoms with Gasteiger partial charge in [0.25, 0.3) is 0 Å². The standard InChI is InChI=1S/C15H26N2O2/c1-6-16-13(9-10-15(2,3)19-5)12-8-7-11-17-14(12)18-4/h7-8,11,13,16H,6,9-10H2,1-5H3. The Kier molecular flexibility index (Phi) is 6.25. The third-order valence-electron chi connectivity index (χ3n) is 3.41. The van der Waals surface area contributed by atoms with E-state index < -0.39 is 0 Å². The predicted molar refractivity (Wildman–Crippen MR) is 77.5 cm³/mol. The first-order valence-corrected chi connectivity index (χ1v) is 6.81. The topological polar surface area (TPSA) is 43.4 Å². The van der Waals surface area contributed by atoms with E-state index in [0.29, 0.717) is 5.88 Å². The summed E-state index contributed by atoms with van der Waals surface area (Å²) in [6.45, 7) is 7.24. The van der Waals surface area contributed by atoms with E-state index in [0.717, 1.165) is 24.9 Å². The van der Waals surface area contributed by atoms with Crippen molar-refractivity contribution in [3.63, 3.8) is 0 Å². The van der Waals surface area contributed by atoms with Crippen molar-refractivity contribution in [1.82, 2.24) is 10.3 Å². The fourth-order valence-corrected chi connectivity index (χ4v) is 2.05. The molecule has 1 aromatic rings. The maximum Gasteiger partial charge on any atom is 0.217 e. The minimum Gasteiger partial charge on any atom is -0.481 e. The van der Waals surface area contributed by atoms with Gasteiger partial charge in [0.2, 0.25) is 5.88 Å². The summed E-state index contributed by atoms with van der Waals surface area (Å²) in [6.07, 6.45) is 3.71. The molecule has 0 bridgehead atoms. The molecule has 0 aliphatic rings. The van der Waals surface area contributed by atoms with Crippen molar-refractivity contribution >= 4 is 0 Å². The predicted octanol–water partition coefficient (Wildman–Crippen LogP) is 2.95. The summed E-state index contributed by atoms with van der Waals surface area (Å²) >= 11 is 0. The van der Waals surface area contributed by atoms with Crippen LogP contribution in [-0.4, -0.2) is 31.3 Å². The molecule has 1 unspecified atom stereocenters. The van der Waals surface area contributed by atoms with E-state index in [1.165, 1.54) is 0 Å². The van der Waals surface area contributed by atoms with Gasteiger partial charge >= 0.3 is 0 Å². The van der Waals surface area contributed by atoms with Crippen LogP contribution in [0.5, 0.6) is 5.88 Å². The lowest BCUT2D eigenvalue weighted by molar-refractivity contribution is 0.0116. The van der Waals surface area contributed by atoms with Crippen LogP contribution in [0, 0.1) is 0 Å². The second-order valence-electron chi connectivity index (χ2n) is 5.21. The Morgan fingerprint density at radius 2 is 2.11 bits per heavy atom. The maximum absolute atomic E-state index is 5.48. The molecule has 0 amide bonds. The van der Waals surface area contributed by atoms with E-state index in [1.54, 1.807) is 20.4 Å². The number of nitrogens with zero attached hydrogens (tertiary/aromatic N) is 1. The first-order chi connectivity index (χ1) is 9.04. The molecule has 0 aliphatic heterocycles. The lowest BCUT2D eigenvalue weighted by Crippen LogP contribution is -2.27. The highest BCUT2D eigenvalue weighted by Gasteiger charge is 2.22. The molecule has 1 heterocycles. The van der Waals surface area contributed by atoms with Gasteiger partial charge in [-0.3, -0.25) is 0 Å². The minimum atomic E-state index is -0.108. The molecule has 0 saturated heterocycles. The van der Waals surface area contributed by atoms with Crippen LogP contribution in [-0.2, 0) is 4.74 Å². The average Bonchev–Trinajstić information content (AvgIpc) is 2.43. The number of pyridine rings is 1.